The smallest absolute Gasteiger partial charge is 0.407 e. The number of alkyl carbamates (subject to hydrolysis) is 2. The number of piperidine rings is 1. The van der Waals surface area contributed by atoms with Crippen LogP contribution in [0.2, 0.25) is 0 Å². The first-order chi connectivity index (χ1) is 31.1. The van der Waals surface area contributed by atoms with E-state index in [4.69, 9.17) is 19.4 Å². The number of alkyl halides is 2. The summed E-state index contributed by atoms with van der Waals surface area (Å²) in [5.41, 5.74) is 4.68. The summed E-state index contributed by atoms with van der Waals surface area (Å²) in [5.74, 6) is -2.53. The maximum Gasteiger partial charge on any atom is 0.407 e. The van der Waals surface area contributed by atoms with E-state index < -0.39 is 30.2 Å². The van der Waals surface area contributed by atoms with E-state index in [0.717, 1.165) is 49.6 Å². The SMILES string of the molecule is COC(=O)NC(C(=O)N1CC2(CC2)C[C@H]1c1ncc(-c2ccc3c(c2)C(F)(F)c2cc(-c4ccc5nc(C6C7CCC(C7)N6C(=O)[C@@H](NC(=O)OC)C(C)C)[nH]c5c4)ccc2-3)[nH]1)C(C)C. The minimum absolute atomic E-state index is 0.0102. The molecule has 6 atom stereocenters. The molecule has 0 radical (unpaired) electrons. The molecule has 3 aromatic carbocycles. The number of nitrogens with zero attached hydrogens (tertiary/aromatic N) is 4. The van der Waals surface area contributed by atoms with Crippen molar-refractivity contribution in [2.75, 3.05) is 20.8 Å². The molecule has 5 aliphatic rings. The molecule has 2 bridgehead atoms. The molecule has 1 spiro atoms. The lowest BCUT2D eigenvalue weighted by Gasteiger charge is -2.37. The van der Waals surface area contributed by atoms with Crippen LogP contribution in [0, 0.1) is 23.2 Å². The molecule has 2 aliphatic heterocycles. The van der Waals surface area contributed by atoms with Crippen molar-refractivity contribution in [3.8, 4) is 33.5 Å². The van der Waals surface area contributed by atoms with Gasteiger partial charge in [0.25, 0.3) is 5.92 Å². The number of rotatable bonds is 10. The molecule has 10 rings (SSSR count). The summed E-state index contributed by atoms with van der Waals surface area (Å²) in [6.07, 6.45) is 5.75. The van der Waals surface area contributed by atoms with E-state index in [2.05, 4.69) is 20.6 Å². The van der Waals surface area contributed by atoms with Crippen molar-refractivity contribution in [3.63, 3.8) is 0 Å². The predicted molar refractivity (Wildman–Crippen MR) is 237 cm³/mol. The van der Waals surface area contributed by atoms with Crippen LogP contribution in [0.25, 0.3) is 44.5 Å². The van der Waals surface area contributed by atoms with Gasteiger partial charge in [-0.1, -0.05) is 58.0 Å². The number of benzene rings is 3. The van der Waals surface area contributed by atoms with Gasteiger partial charge in [0.15, 0.2) is 0 Å². The summed E-state index contributed by atoms with van der Waals surface area (Å²) in [4.78, 5) is 72.6. The molecule has 14 nitrogen and oxygen atoms in total. The summed E-state index contributed by atoms with van der Waals surface area (Å²) in [5, 5.41) is 5.43. The van der Waals surface area contributed by atoms with Gasteiger partial charge in [-0.15, -0.1) is 0 Å². The van der Waals surface area contributed by atoms with Crippen LogP contribution in [0.15, 0.2) is 60.8 Å². The normalized spacial score (nSPS) is 22.9. The molecular formula is C49H54F2N8O6. The first kappa shape index (κ1) is 42.6. The molecule has 16 heteroatoms. The Morgan fingerprint density at radius 1 is 0.785 bits per heavy atom. The van der Waals surface area contributed by atoms with E-state index in [-0.39, 0.29) is 64.2 Å². The Labute approximate surface area is 375 Å². The van der Waals surface area contributed by atoms with E-state index in [1.807, 2.05) is 62.9 Å². The third kappa shape index (κ3) is 7.19. The standard InChI is InChI=1S/C49H54F2N8O6/c1-24(2)39(56-46(62)64-5)44(60)58-23-48(15-16-48)21-38(58)42-52-22-37(55-42)28-9-13-32-31-12-8-26(18-33(31)49(50,51)34(32)19-28)27-10-14-35-36(20-27)54-43(53-35)41-29-7-11-30(17-29)59(41)45(61)40(25(3)4)57-47(63)65-6/h8-10,12-14,18-20,22,24-25,29-30,38-41H,7,11,15-17,21,23H2,1-6H3,(H,52,55)(H,53,54)(H,56,62)(H,57,63)/t29?,30?,38-,39?,40-,41?/m0/s1. The topological polar surface area (TPSA) is 175 Å². The fourth-order valence-corrected chi connectivity index (χ4v) is 11.0. The fourth-order valence-electron chi connectivity index (χ4n) is 11.0. The number of aromatic nitrogens is 4. The minimum atomic E-state index is -3.29. The number of likely N-dealkylation sites (tertiary alicyclic amines) is 2. The van der Waals surface area contributed by atoms with Gasteiger partial charge >= 0.3 is 12.2 Å². The monoisotopic (exact) mass is 888 g/mol. The zero-order valence-corrected chi connectivity index (χ0v) is 37.3. The maximum atomic E-state index is 16.7. The predicted octanol–water partition coefficient (Wildman–Crippen LogP) is 8.61. The Morgan fingerprint density at radius 2 is 1.40 bits per heavy atom. The van der Waals surface area contributed by atoms with Crippen molar-refractivity contribution < 1.29 is 37.4 Å². The number of carbonyl (C=O) groups is 4. The lowest BCUT2D eigenvalue weighted by molar-refractivity contribution is -0.139. The number of ether oxygens (including phenoxy) is 2. The first-order valence-corrected chi connectivity index (χ1v) is 22.6. The summed E-state index contributed by atoms with van der Waals surface area (Å²) < 4.78 is 43.0. The number of aromatic amines is 2. The molecule has 340 valence electrons. The number of hydrogen-bond donors (Lipinski definition) is 4. The van der Waals surface area contributed by atoms with E-state index in [1.165, 1.54) is 20.3 Å². The van der Waals surface area contributed by atoms with Crippen molar-refractivity contribution in [1.29, 1.82) is 0 Å². The van der Waals surface area contributed by atoms with Gasteiger partial charge in [-0.3, -0.25) is 9.59 Å². The molecule has 2 saturated heterocycles. The largest absolute Gasteiger partial charge is 0.453 e. The number of carbonyl (C=O) groups excluding carboxylic acids is 4. The van der Waals surface area contributed by atoms with E-state index >= 15 is 8.78 Å². The molecule has 5 aromatic rings. The molecule has 2 saturated carbocycles. The highest BCUT2D eigenvalue weighted by atomic mass is 19.3. The number of nitrogens with one attached hydrogen (secondary N) is 4. The van der Waals surface area contributed by atoms with Gasteiger partial charge in [0.2, 0.25) is 11.8 Å². The second-order valence-corrected chi connectivity index (χ2v) is 19.4. The summed E-state index contributed by atoms with van der Waals surface area (Å²) in [7, 11) is 2.54. The van der Waals surface area contributed by atoms with E-state index in [9.17, 15) is 19.2 Å². The molecule has 2 aromatic heterocycles. The molecule has 4 unspecified atom stereocenters. The highest BCUT2D eigenvalue weighted by molar-refractivity contribution is 5.89. The fraction of sp³-hybridized carbons (Fsp3) is 0.469. The van der Waals surface area contributed by atoms with Gasteiger partial charge in [0.1, 0.15) is 23.7 Å². The second kappa shape index (κ2) is 15.7. The summed E-state index contributed by atoms with van der Waals surface area (Å²) >= 11 is 0. The van der Waals surface area contributed by atoms with Crippen LogP contribution in [0.1, 0.15) is 101 Å². The van der Waals surface area contributed by atoms with Crippen LogP contribution >= 0.6 is 0 Å². The van der Waals surface area contributed by atoms with Crippen LogP contribution in [-0.2, 0) is 25.0 Å². The van der Waals surface area contributed by atoms with Crippen LogP contribution < -0.4 is 10.6 Å². The Hall–Kier alpha value is -6.32. The number of fused-ring (bicyclic) bond motifs is 6. The number of imidazole rings is 2. The Bertz CT molecular complexity index is 2740. The van der Waals surface area contributed by atoms with Crippen molar-refractivity contribution in [3.05, 3.63) is 83.6 Å². The molecular weight excluding hydrogens is 835 g/mol. The molecule has 4 heterocycles. The van der Waals surface area contributed by atoms with Crippen molar-refractivity contribution in [1.82, 2.24) is 40.4 Å². The molecule has 4 N–H and O–H groups in total. The Kier molecular flexibility index (Phi) is 10.3. The van der Waals surface area contributed by atoms with Gasteiger partial charge < -0.3 is 39.9 Å². The highest BCUT2D eigenvalue weighted by Gasteiger charge is 2.56. The van der Waals surface area contributed by atoms with Crippen molar-refractivity contribution in [2.24, 2.45) is 23.2 Å². The highest BCUT2D eigenvalue weighted by Crippen LogP contribution is 2.59. The summed E-state index contributed by atoms with van der Waals surface area (Å²) in [6, 6.07) is 13.8. The third-order valence-corrected chi connectivity index (χ3v) is 14.7. The molecule has 4 fully saturated rings. The van der Waals surface area contributed by atoms with Crippen LogP contribution in [0.5, 0.6) is 0 Å². The molecule has 3 aliphatic carbocycles. The van der Waals surface area contributed by atoms with Crippen LogP contribution in [0.3, 0.4) is 0 Å². The second-order valence-electron chi connectivity index (χ2n) is 19.4. The zero-order valence-electron chi connectivity index (χ0n) is 37.3. The summed E-state index contributed by atoms with van der Waals surface area (Å²) in [6.45, 7) is 8.09. The van der Waals surface area contributed by atoms with Gasteiger partial charge in [-0.2, -0.15) is 8.78 Å². The lowest BCUT2D eigenvalue weighted by Crippen LogP contribution is -2.54. The van der Waals surface area contributed by atoms with Crippen LogP contribution in [0.4, 0.5) is 18.4 Å². The number of H-pyrrole nitrogens is 2. The number of halogens is 2. The average molecular weight is 889 g/mol. The average Bonchev–Trinajstić information content (AvgIpc) is 3.95. The first-order valence-electron chi connectivity index (χ1n) is 22.6. The minimum Gasteiger partial charge on any atom is -0.453 e. The van der Waals surface area contributed by atoms with Gasteiger partial charge in [0, 0.05) is 29.3 Å². The molecule has 4 amide bonds. The van der Waals surface area contributed by atoms with Crippen molar-refractivity contribution in [2.45, 2.75) is 102 Å². The van der Waals surface area contributed by atoms with E-state index in [0.29, 0.717) is 51.7 Å². The quantitative estimate of drug-likeness (QED) is 0.108. The number of hydrogen-bond acceptors (Lipinski definition) is 8. The third-order valence-electron chi connectivity index (χ3n) is 14.7. The number of amides is 4. The molecule has 65 heavy (non-hydrogen) atoms. The van der Waals surface area contributed by atoms with Gasteiger partial charge in [-0.25, -0.2) is 19.6 Å². The Balaban J connectivity index is 0.896. The van der Waals surface area contributed by atoms with E-state index in [1.54, 1.807) is 29.3 Å². The maximum absolute atomic E-state index is 16.7. The van der Waals surface area contributed by atoms with Gasteiger partial charge in [-0.05, 0) is 108 Å². The lowest BCUT2D eigenvalue weighted by atomic mass is 9.95. The zero-order chi connectivity index (χ0) is 45.7. The Morgan fingerprint density at radius 3 is 2.05 bits per heavy atom. The number of methoxy groups -OCH3 is 2. The van der Waals surface area contributed by atoms with Crippen molar-refractivity contribution >= 4 is 35.0 Å². The van der Waals surface area contributed by atoms with Gasteiger partial charge in [0.05, 0.1) is 49.2 Å². The van der Waals surface area contributed by atoms with Crippen LogP contribution in [-0.4, -0.2) is 92.6 Å².